The normalized spacial score (nSPS) is 19.8. The Morgan fingerprint density at radius 2 is 1.77 bits per heavy atom. The molecule has 2 amide bonds. The number of nitrogens with zero attached hydrogens (tertiary/aromatic N) is 2. The third-order valence-electron chi connectivity index (χ3n) is 6.68. The van der Waals surface area contributed by atoms with Crippen LogP contribution in [0.15, 0.2) is 36.8 Å². The van der Waals surface area contributed by atoms with Gasteiger partial charge in [-0.25, -0.2) is 14.8 Å². The summed E-state index contributed by atoms with van der Waals surface area (Å²) in [6.45, 7) is 2.85. The fraction of sp³-hybridized carbons (Fsp3) is 0.462. The van der Waals surface area contributed by atoms with Crippen molar-refractivity contribution in [3.8, 4) is 17.0 Å². The zero-order valence-electron chi connectivity index (χ0n) is 19.9. The van der Waals surface area contributed by atoms with Crippen LogP contribution in [0.5, 0.6) is 5.75 Å². The number of hydrogen-bond donors (Lipinski definition) is 3. The van der Waals surface area contributed by atoms with Crippen molar-refractivity contribution in [1.29, 1.82) is 0 Å². The van der Waals surface area contributed by atoms with Gasteiger partial charge in [0, 0.05) is 23.8 Å². The molecule has 9 heteroatoms. The van der Waals surface area contributed by atoms with Gasteiger partial charge in [-0.15, -0.1) is 0 Å². The van der Waals surface area contributed by atoms with Gasteiger partial charge in [0.1, 0.15) is 23.3 Å². The Morgan fingerprint density at radius 3 is 2.51 bits per heavy atom. The van der Waals surface area contributed by atoms with E-state index in [9.17, 15) is 9.59 Å². The first-order chi connectivity index (χ1) is 17.1. The molecule has 35 heavy (non-hydrogen) atoms. The largest absolute Gasteiger partial charge is 0.493 e. The third kappa shape index (κ3) is 5.39. The Balaban J connectivity index is 1.27. The molecule has 0 saturated heterocycles. The van der Waals surface area contributed by atoms with Crippen LogP contribution in [0.4, 0.5) is 4.79 Å². The molecule has 2 saturated carbocycles. The average molecular weight is 478 g/mol. The molecular formula is C26H31N5O4. The predicted molar refractivity (Wildman–Crippen MR) is 131 cm³/mol. The summed E-state index contributed by atoms with van der Waals surface area (Å²) in [5, 5.41) is 6.02. The van der Waals surface area contributed by atoms with E-state index in [1.807, 2.05) is 24.3 Å². The van der Waals surface area contributed by atoms with Crippen LogP contribution >= 0.6 is 0 Å². The first kappa shape index (κ1) is 23.1. The van der Waals surface area contributed by atoms with Gasteiger partial charge in [-0.2, -0.15) is 0 Å². The fourth-order valence-electron chi connectivity index (χ4n) is 4.58. The maximum Gasteiger partial charge on any atom is 0.407 e. The lowest BCUT2D eigenvalue weighted by atomic mass is 9.91. The number of H-pyrrole nitrogens is 1. The number of carbonyl (C=O) groups is 2. The number of amides is 2. The van der Waals surface area contributed by atoms with E-state index in [-0.39, 0.29) is 24.1 Å². The number of benzene rings is 1. The van der Waals surface area contributed by atoms with E-state index in [1.54, 1.807) is 13.1 Å². The van der Waals surface area contributed by atoms with Crippen molar-refractivity contribution in [2.45, 2.75) is 57.5 Å². The van der Waals surface area contributed by atoms with Crippen LogP contribution in [0.1, 0.15) is 55.8 Å². The van der Waals surface area contributed by atoms with Gasteiger partial charge in [-0.3, -0.25) is 4.79 Å². The zero-order chi connectivity index (χ0) is 24.2. The zero-order valence-corrected chi connectivity index (χ0v) is 19.9. The number of aromatic amines is 1. The lowest BCUT2D eigenvalue weighted by Crippen LogP contribution is -2.43. The Bertz CT molecular complexity index is 1200. The molecule has 0 unspecified atom stereocenters. The molecule has 1 aromatic carbocycles. The monoisotopic (exact) mass is 477 g/mol. The first-order valence-corrected chi connectivity index (χ1v) is 12.4. The second-order valence-electron chi connectivity index (χ2n) is 9.29. The highest BCUT2D eigenvalue weighted by Gasteiger charge is 2.26. The average Bonchev–Trinajstić information content (AvgIpc) is 3.60. The number of carbonyl (C=O) groups excluding carboxylic acids is 2. The minimum Gasteiger partial charge on any atom is -0.493 e. The second-order valence-corrected chi connectivity index (χ2v) is 9.29. The summed E-state index contributed by atoms with van der Waals surface area (Å²) in [5.41, 5.74) is 3.38. The van der Waals surface area contributed by atoms with Gasteiger partial charge >= 0.3 is 6.09 Å². The van der Waals surface area contributed by atoms with Gasteiger partial charge in [0.15, 0.2) is 0 Å². The quantitative estimate of drug-likeness (QED) is 0.447. The topological polar surface area (TPSA) is 118 Å². The van der Waals surface area contributed by atoms with Gasteiger partial charge in [0.25, 0.3) is 5.91 Å². The van der Waals surface area contributed by atoms with E-state index in [4.69, 9.17) is 9.47 Å². The van der Waals surface area contributed by atoms with Crippen LogP contribution in [0.2, 0.25) is 0 Å². The van der Waals surface area contributed by atoms with Crippen molar-refractivity contribution in [3.05, 3.63) is 42.4 Å². The molecule has 5 rings (SSSR count). The molecule has 2 aliphatic rings. The first-order valence-electron chi connectivity index (χ1n) is 12.4. The Labute approximate surface area is 204 Å². The maximum atomic E-state index is 13.1. The van der Waals surface area contributed by atoms with E-state index >= 15 is 0 Å². The van der Waals surface area contributed by atoms with Crippen molar-refractivity contribution in [2.75, 3.05) is 13.2 Å². The summed E-state index contributed by atoms with van der Waals surface area (Å²) < 4.78 is 11.0. The van der Waals surface area contributed by atoms with Crippen LogP contribution < -0.4 is 15.4 Å². The highest BCUT2D eigenvalue weighted by atomic mass is 16.5. The van der Waals surface area contributed by atoms with Gasteiger partial charge in [0.2, 0.25) is 0 Å². The summed E-state index contributed by atoms with van der Waals surface area (Å²) in [7, 11) is 0. The van der Waals surface area contributed by atoms with E-state index < -0.39 is 0 Å². The lowest BCUT2D eigenvalue weighted by Gasteiger charge is -2.29. The Morgan fingerprint density at radius 1 is 1.03 bits per heavy atom. The van der Waals surface area contributed by atoms with E-state index in [0.29, 0.717) is 41.4 Å². The van der Waals surface area contributed by atoms with Crippen LogP contribution in [0.3, 0.4) is 0 Å². The van der Waals surface area contributed by atoms with E-state index in [0.717, 1.165) is 37.0 Å². The Hall–Kier alpha value is -3.62. The predicted octanol–water partition coefficient (Wildman–Crippen LogP) is 4.20. The highest BCUT2D eigenvalue weighted by molar-refractivity contribution is 6.07. The molecule has 2 heterocycles. The second kappa shape index (κ2) is 10.3. The van der Waals surface area contributed by atoms with Crippen molar-refractivity contribution in [2.24, 2.45) is 5.92 Å². The number of para-hydroxylation sites is 1. The van der Waals surface area contributed by atoms with Crippen LogP contribution in [-0.2, 0) is 4.74 Å². The lowest BCUT2D eigenvalue weighted by molar-refractivity contribution is 0.0923. The summed E-state index contributed by atoms with van der Waals surface area (Å²) in [4.78, 5) is 36.9. The van der Waals surface area contributed by atoms with Crippen molar-refractivity contribution >= 4 is 23.0 Å². The van der Waals surface area contributed by atoms with Crippen LogP contribution in [0, 0.1) is 5.92 Å². The highest BCUT2D eigenvalue weighted by Crippen LogP contribution is 2.35. The SMILES string of the molecule is CCOC(=O)NC1CCC(NC(=O)c2c[nH]c3c(-c4ccccc4OCC4CC4)ncnc23)CC1. The Kier molecular flexibility index (Phi) is 6.83. The number of nitrogens with one attached hydrogen (secondary N) is 3. The number of aromatic nitrogens is 3. The number of alkyl carbamates (subject to hydrolysis) is 1. The minimum absolute atomic E-state index is 0.0468. The van der Waals surface area contributed by atoms with Crippen molar-refractivity contribution < 1.29 is 19.1 Å². The molecule has 3 N–H and O–H groups in total. The minimum atomic E-state index is -0.381. The van der Waals surface area contributed by atoms with Gasteiger partial charge in [0.05, 0.1) is 24.3 Å². The molecule has 0 aliphatic heterocycles. The van der Waals surface area contributed by atoms with Crippen LogP contribution in [0.25, 0.3) is 22.3 Å². The number of ether oxygens (including phenoxy) is 2. The molecule has 2 aliphatic carbocycles. The molecule has 0 bridgehead atoms. The molecule has 0 atom stereocenters. The molecule has 9 nitrogen and oxygen atoms in total. The summed E-state index contributed by atoms with van der Waals surface area (Å²) >= 11 is 0. The number of rotatable bonds is 8. The molecule has 2 aromatic heterocycles. The molecule has 184 valence electrons. The van der Waals surface area contributed by atoms with Crippen molar-refractivity contribution in [3.63, 3.8) is 0 Å². The van der Waals surface area contributed by atoms with Gasteiger partial charge in [-0.1, -0.05) is 12.1 Å². The third-order valence-corrected chi connectivity index (χ3v) is 6.68. The van der Waals surface area contributed by atoms with E-state index in [2.05, 4.69) is 25.6 Å². The maximum absolute atomic E-state index is 13.1. The molecular weight excluding hydrogens is 446 g/mol. The summed E-state index contributed by atoms with van der Waals surface area (Å²) in [6.07, 6.45) is 8.41. The number of hydrogen-bond acceptors (Lipinski definition) is 6. The van der Waals surface area contributed by atoms with Crippen LogP contribution in [-0.4, -0.2) is 52.2 Å². The smallest absolute Gasteiger partial charge is 0.407 e. The van der Waals surface area contributed by atoms with Gasteiger partial charge < -0.3 is 25.1 Å². The molecule has 0 radical (unpaired) electrons. The number of fused-ring (bicyclic) bond motifs is 1. The summed E-state index contributed by atoms with van der Waals surface area (Å²) in [6, 6.07) is 7.97. The fourth-order valence-corrected chi connectivity index (χ4v) is 4.58. The summed E-state index contributed by atoms with van der Waals surface area (Å²) in [5.74, 6) is 1.26. The van der Waals surface area contributed by atoms with Crippen molar-refractivity contribution in [1.82, 2.24) is 25.6 Å². The van der Waals surface area contributed by atoms with E-state index in [1.165, 1.54) is 19.2 Å². The standard InChI is InChI=1S/C26H31N5O4/c1-2-34-26(33)31-18-11-9-17(10-12-18)30-25(32)20-13-27-24-22(28-15-29-23(20)24)19-5-3-4-6-21(19)35-14-16-7-8-16/h3-6,13,15-18,27H,2,7-12,14H2,1H3,(H,30,32)(H,31,33). The molecule has 0 spiro atoms. The van der Waals surface area contributed by atoms with Gasteiger partial charge in [-0.05, 0) is 63.5 Å². The molecule has 2 fully saturated rings. The molecule has 3 aromatic rings.